The molecule has 0 aromatic carbocycles. The van der Waals surface area contributed by atoms with Crippen LogP contribution in [0.2, 0.25) is 0 Å². The van der Waals surface area contributed by atoms with Crippen LogP contribution in [0.25, 0.3) is 0 Å². The van der Waals surface area contributed by atoms with Crippen molar-refractivity contribution in [2.24, 2.45) is 7.05 Å². The second-order valence-electron chi connectivity index (χ2n) is 4.34. The highest BCUT2D eigenvalue weighted by Gasteiger charge is 2.04. The van der Waals surface area contributed by atoms with Gasteiger partial charge in [0.05, 0.1) is 19.3 Å². The third-order valence-corrected chi connectivity index (χ3v) is 2.83. The molecule has 1 N–H and O–H groups in total. The van der Waals surface area contributed by atoms with Crippen molar-refractivity contribution in [1.29, 1.82) is 0 Å². The maximum Gasteiger partial charge on any atom is 0.140 e. The molecule has 104 valence electrons. The van der Waals surface area contributed by atoms with Crippen LogP contribution in [0.1, 0.15) is 11.4 Å². The highest BCUT2D eigenvalue weighted by Crippen LogP contribution is 2.01. The zero-order valence-corrected chi connectivity index (χ0v) is 11.4. The minimum Gasteiger partial charge on any atom is -0.383 e. The molecule has 0 radical (unpaired) electrons. The van der Waals surface area contributed by atoms with Crippen molar-refractivity contribution in [3.05, 3.63) is 30.1 Å². The van der Waals surface area contributed by atoms with Gasteiger partial charge in [0, 0.05) is 33.4 Å². The van der Waals surface area contributed by atoms with Gasteiger partial charge in [0.1, 0.15) is 12.2 Å². The van der Waals surface area contributed by atoms with Crippen LogP contribution in [-0.2, 0) is 31.3 Å². The highest BCUT2D eigenvalue weighted by molar-refractivity contribution is 5.03. The fourth-order valence-electron chi connectivity index (χ4n) is 1.82. The molecule has 7 nitrogen and oxygen atoms in total. The molecular formula is C12H20N6O. The number of aryl methyl sites for hydroxylation is 3. The molecule has 7 heteroatoms. The zero-order chi connectivity index (χ0) is 13.5. The van der Waals surface area contributed by atoms with Crippen molar-refractivity contribution < 1.29 is 4.74 Å². The van der Waals surface area contributed by atoms with Crippen molar-refractivity contribution >= 4 is 0 Å². The minimum atomic E-state index is 0.698. The molecule has 2 aromatic rings. The molecule has 19 heavy (non-hydrogen) atoms. The maximum absolute atomic E-state index is 4.98. The Morgan fingerprint density at radius 2 is 2.26 bits per heavy atom. The van der Waals surface area contributed by atoms with Crippen LogP contribution < -0.4 is 5.32 Å². The normalized spacial score (nSPS) is 11.1. The van der Waals surface area contributed by atoms with Crippen LogP contribution in [-0.4, -0.2) is 44.8 Å². The zero-order valence-electron chi connectivity index (χ0n) is 11.4. The van der Waals surface area contributed by atoms with Gasteiger partial charge >= 0.3 is 0 Å². The second kappa shape index (κ2) is 7.01. The lowest BCUT2D eigenvalue weighted by atomic mass is 10.2. The van der Waals surface area contributed by atoms with Gasteiger partial charge in [-0.05, 0) is 12.0 Å². The molecule has 2 aromatic heterocycles. The van der Waals surface area contributed by atoms with Crippen LogP contribution in [0, 0.1) is 0 Å². The van der Waals surface area contributed by atoms with Crippen molar-refractivity contribution in [2.45, 2.75) is 19.5 Å². The van der Waals surface area contributed by atoms with E-state index in [1.807, 2.05) is 28.8 Å². The summed E-state index contributed by atoms with van der Waals surface area (Å²) in [6.45, 7) is 3.03. The first-order valence-corrected chi connectivity index (χ1v) is 6.33. The van der Waals surface area contributed by atoms with Gasteiger partial charge in [0.15, 0.2) is 0 Å². The summed E-state index contributed by atoms with van der Waals surface area (Å²) < 4.78 is 8.72. The van der Waals surface area contributed by atoms with E-state index in [4.69, 9.17) is 4.74 Å². The predicted molar refractivity (Wildman–Crippen MR) is 70.5 cm³/mol. The first kappa shape index (κ1) is 13.7. The smallest absolute Gasteiger partial charge is 0.140 e. The van der Waals surface area contributed by atoms with Gasteiger partial charge in [-0.1, -0.05) is 0 Å². The number of hydrogen-bond donors (Lipinski definition) is 1. The van der Waals surface area contributed by atoms with E-state index in [9.17, 15) is 0 Å². The molecule has 0 atom stereocenters. The summed E-state index contributed by atoms with van der Waals surface area (Å²) in [5.41, 5.74) is 1.20. The third-order valence-electron chi connectivity index (χ3n) is 2.83. The maximum atomic E-state index is 4.98. The van der Waals surface area contributed by atoms with Crippen LogP contribution >= 0.6 is 0 Å². The number of aromatic nitrogens is 5. The van der Waals surface area contributed by atoms with E-state index in [1.165, 1.54) is 5.56 Å². The summed E-state index contributed by atoms with van der Waals surface area (Å²) in [6.07, 6.45) is 6.40. The Morgan fingerprint density at radius 1 is 1.37 bits per heavy atom. The average Bonchev–Trinajstić information content (AvgIpc) is 3.01. The Balaban J connectivity index is 1.81. The quantitative estimate of drug-likeness (QED) is 0.679. The number of nitrogens with zero attached hydrogens (tertiary/aromatic N) is 5. The standard InChI is InChI=1S/C12H20N6O/c1-17-9-11(7-15-17)3-5-18-12(14-10-16-18)8-13-4-6-19-2/h7,9-10,13H,3-6,8H2,1-2H3. The van der Waals surface area contributed by atoms with Crippen molar-refractivity contribution in [1.82, 2.24) is 29.9 Å². The lowest BCUT2D eigenvalue weighted by molar-refractivity contribution is 0.198. The molecule has 0 amide bonds. The van der Waals surface area contributed by atoms with Gasteiger partial charge in [-0.3, -0.25) is 4.68 Å². The molecule has 0 fully saturated rings. The van der Waals surface area contributed by atoms with Crippen LogP contribution in [0.5, 0.6) is 0 Å². The number of ether oxygens (including phenoxy) is 1. The molecule has 0 saturated heterocycles. The van der Waals surface area contributed by atoms with Gasteiger partial charge in [-0.25, -0.2) is 9.67 Å². The first-order valence-electron chi connectivity index (χ1n) is 6.33. The number of methoxy groups -OCH3 is 1. The molecule has 0 aliphatic carbocycles. The summed E-state index contributed by atoms with van der Waals surface area (Å²) >= 11 is 0. The second-order valence-corrected chi connectivity index (χ2v) is 4.34. The van der Waals surface area contributed by atoms with Gasteiger partial charge < -0.3 is 10.1 Å². The predicted octanol–water partition coefficient (Wildman–Crippen LogP) is -0.00970. The molecule has 0 saturated carbocycles. The van der Waals surface area contributed by atoms with E-state index in [-0.39, 0.29) is 0 Å². The SMILES string of the molecule is COCCNCc1ncnn1CCc1cnn(C)c1. The molecule has 0 aliphatic rings. The number of hydrogen-bond acceptors (Lipinski definition) is 5. The van der Waals surface area contributed by atoms with E-state index in [2.05, 4.69) is 20.5 Å². The number of rotatable bonds is 8. The highest BCUT2D eigenvalue weighted by atomic mass is 16.5. The van der Waals surface area contributed by atoms with Crippen molar-refractivity contribution in [3.8, 4) is 0 Å². The van der Waals surface area contributed by atoms with Crippen LogP contribution in [0.15, 0.2) is 18.7 Å². The Morgan fingerprint density at radius 3 is 3.00 bits per heavy atom. The van der Waals surface area contributed by atoms with Crippen molar-refractivity contribution in [3.63, 3.8) is 0 Å². The summed E-state index contributed by atoms with van der Waals surface area (Å²) in [4.78, 5) is 4.26. The molecule has 2 rings (SSSR count). The summed E-state index contributed by atoms with van der Waals surface area (Å²) in [6, 6.07) is 0. The third kappa shape index (κ3) is 4.15. The Bertz CT molecular complexity index is 492. The van der Waals surface area contributed by atoms with E-state index < -0.39 is 0 Å². The van der Waals surface area contributed by atoms with Crippen LogP contribution in [0.3, 0.4) is 0 Å². The molecule has 2 heterocycles. The van der Waals surface area contributed by atoms with Gasteiger partial charge in [-0.2, -0.15) is 10.2 Å². The van der Waals surface area contributed by atoms with Crippen LogP contribution in [0.4, 0.5) is 0 Å². The monoisotopic (exact) mass is 264 g/mol. The van der Waals surface area contributed by atoms with Gasteiger partial charge in [0.25, 0.3) is 0 Å². The molecule has 0 bridgehead atoms. The van der Waals surface area contributed by atoms with Gasteiger partial charge in [0.2, 0.25) is 0 Å². The van der Waals surface area contributed by atoms with E-state index in [0.29, 0.717) is 13.2 Å². The first-order chi connectivity index (χ1) is 9.29. The van der Waals surface area contributed by atoms with E-state index in [1.54, 1.807) is 13.4 Å². The summed E-state index contributed by atoms with van der Waals surface area (Å²) in [5.74, 6) is 0.944. The van der Waals surface area contributed by atoms with Crippen molar-refractivity contribution in [2.75, 3.05) is 20.3 Å². The van der Waals surface area contributed by atoms with E-state index >= 15 is 0 Å². The fraction of sp³-hybridized carbons (Fsp3) is 0.583. The Labute approximate surface area is 112 Å². The van der Waals surface area contributed by atoms with Gasteiger partial charge in [-0.15, -0.1) is 0 Å². The summed E-state index contributed by atoms with van der Waals surface area (Å²) in [5, 5.41) is 11.7. The lowest BCUT2D eigenvalue weighted by Gasteiger charge is -2.06. The molecular weight excluding hydrogens is 244 g/mol. The Hall–Kier alpha value is -1.73. The number of nitrogens with one attached hydrogen (secondary N) is 1. The largest absolute Gasteiger partial charge is 0.383 e. The average molecular weight is 264 g/mol. The van der Waals surface area contributed by atoms with E-state index in [0.717, 1.165) is 25.3 Å². The molecule has 0 aliphatic heterocycles. The Kier molecular flexibility index (Phi) is 5.05. The summed E-state index contributed by atoms with van der Waals surface area (Å²) in [7, 11) is 3.61. The topological polar surface area (TPSA) is 69.8 Å². The molecule has 0 unspecified atom stereocenters. The fourth-order valence-corrected chi connectivity index (χ4v) is 1.82. The minimum absolute atomic E-state index is 0.698. The molecule has 0 spiro atoms. The lowest BCUT2D eigenvalue weighted by Crippen LogP contribution is -2.21.